The summed E-state index contributed by atoms with van der Waals surface area (Å²) < 4.78 is 10.2. The monoisotopic (exact) mass is 320 g/mol. The van der Waals surface area contributed by atoms with Crippen LogP contribution in [0.25, 0.3) is 0 Å². The molecule has 1 saturated heterocycles. The normalized spacial score (nSPS) is 17.8. The van der Waals surface area contributed by atoms with Gasteiger partial charge in [0.15, 0.2) is 0 Å². The Hall–Kier alpha value is -1.43. The topological polar surface area (TPSA) is 50.8 Å². The predicted octanol–water partition coefficient (Wildman–Crippen LogP) is 1.43. The second-order valence-corrected chi connectivity index (χ2v) is 6.27. The summed E-state index contributed by atoms with van der Waals surface area (Å²) in [5.74, 6) is -0.0599. The summed E-state index contributed by atoms with van der Waals surface area (Å²) in [5, 5.41) is 3.06. The number of hydrogen-bond donors (Lipinski definition) is 1. The Morgan fingerprint density at radius 1 is 1.22 bits per heavy atom. The van der Waals surface area contributed by atoms with E-state index in [1.807, 2.05) is 6.07 Å². The first-order valence-corrected chi connectivity index (χ1v) is 8.24. The first-order valence-electron chi connectivity index (χ1n) is 8.24. The van der Waals surface area contributed by atoms with Crippen LogP contribution in [0.3, 0.4) is 0 Å². The van der Waals surface area contributed by atoms with Crippen LogP contribution in [0.2, 0.25) is 0 Å². The van der Waals surface area contributed by atoms with E-state index in [0.717, 1.165) is 25.9 Å². The molecular weight excluding hydrogens is 292 g/mol. The van der Waals surface area contributed by atoms with Crippen molar-refractivity contribution in [1.82, 2.24) is 10.2 Å². The lowest BCUT2D eigenvalue weighted by atomic mass is 9.72. The maximum Gasteiger partial charge on any atom is 0.246 e. The minimum Gasteiger partial charge on any atom is -0.382 e. The highest BCUT2D eigenvalue weighted by Crippen LogP contribution is 2.34. The zero-order valence-electron chi connectivity index (χ0n) is 14.2. The highest BCUT2D eigenvalue weighted by molar-refractivity contribution is 5.77. The smallest absolute Gasteiger partial charge is 0.246 e. The van der Waals surface area contributed by atoms with Gasteiger partial charge in [-0.15, -0.1) is 0 Å². The van der Waals surface area contributed by atoms with E-state index in [1.165, 1.54) is 5.56 Å². The van der Waals surface area contributed by atoms with E-state index < -0.39 is 0 Å². The van der Waals surface area contributed by atoms with Crippen molar-refractivity contribution in [2.45, 2.75) is 18.3 Å². The Morgan fingerprint density at radius 2 is 1.91 bits per heavy atom. The fraction of sp³-hybridized carbons (Fsp3) is 0.611. The van der Waals surface area contributed by atoms with E-state index >= 15 is 0 Å². The van der Waals surface area contributed by atoms with Gasteiger partial charge in [-0.2, -0.15) is 0 Å². The molecule has 128 valence electrons. The largest absolute Gasteiger partial charge is 0.382 e. The number of amides is 1. The third-order valence-corrected chi connectivity index (χ3v) is 4.62. The first kappa shape index (κ1) is 17.9. The third-order valence-electron chi connectivity index (χ3n) is 4.62. The Morgan fingerprint density at radius 3 is 2.57 bits per heavy atom. The Balaban J connectivity index is 1.92. The molecule has 2 rings (SSSR count). The van der Waals surface area contributed by atoms with Crippen molar-refractivity contribution in [2.75, 3.05) is 53.6 Å². The molecule has 0 unspecified atom stereocenters. The molecule has 1 fully saturated rings. The average molecular weight is 320 g/mol. The van der Waals surface area contributed by atoms with Gasteiger partial charge >= 0.3 is 0 Å². The number of hydrogen-bond acceptors (Lipinski definition) is 4. The molecule has 0 spiro atoms. The summed E-state index contributed by atoms with van der Waals surface area (Å²) in [5.41, 5.74) is 1.34. The number of ether oxygens (including phenoxy) is 2. The molecule has 1 aromatic rings. The molecular formula is C18H28N2O3. The summed E-state index contributed by atoms with van der Waals surface area (Å²) in [6.07, 6.45) is 2.11. The van der Waals surface area contributed by atoms with E-state index in [1.54, 1.807) is 7.11 Å². The average Bonchev–Trinajstić information content (AvgIpc) is 2.59. The summed E-state index contributed by atoms with van der Waals surface area (Å²) in [6.45, 7) is 3.81. The minimum absolute atomic E-state index is 0.0238. The van der Waals surface area contributed by atoms with E-state index in [-0.39, 0.29) is 17.9 Å². The Labute approximate surface area is 139 Å². The lowest BCUT2D eigenvalue weighted by molar-refractivity contribution is -0.126. The quantitative estimate of drug-likeness (QED) is 0.736. The van der Waals surface area contributed by atoms with Crippen LogP contribution in [-0.2, 0) is 19.7 Å². The minimum atomic E-state index is -0.0599. The molecule has 5 heteroatoms. The number of methoxy groups -OCH3 is 1. The van der Waals surface area contributed by atoms with E-state index in [0.29, 0.717) is 19.8 Å². The molecule has 1 N–H and O–H groups in total. The number of nitrogens with one attached hydrogen (secondary N) is 1. The highest BCUT2D eigenvalue weighted by Gasteiger charge is 2.35. The zero-order valence-corrected chi connectivity index (χ0v) is 14.2. The Kier molecular flexibility index (Phi) is 7.02. The Bertz CT molecular complexity index is 470. The van der Waals surface area contributed by atoms with Gasteiger partial charge in [0.25, 0.3) is 0 Å². The number of piperidine rings is 1. The van der Waals surface area contributed by atoms with Crippen molar-refractivity contribution in [3.63, 3.8) is 0 Å². The van der Waals surface area contributed by atoms with Gasteiger partial charge in [0.1, 0.15) is 6.61 Å². The van der Waals surface area contributed by atoms with E-state index in [9.17, 15) is 4.79 Å². The van der Waals surface area contributed by atoms with Crippen LogP contribution in [0.5, 0.6) is 0 Å². The lowest BCUT2D eigenvalue weighted by Crippen LogP contribution is -2.48. The van der Waals surface area contributed by atoms with Crippen molar-refractivity contribution in [3.8, 4) is 0 Å². The molecule has 0 bridgehead atoms. The van der Waals surface area contributed by atoms with Crippen molar-refractivity contribution in [1.29, 1.82) is 0 Å². The van der Waals surface area contributed by atoms with Gasteiger partial charge in [-0.05, 0) is 38.5 Å². The molecule has 0 aromatic heterocycles. The zero-order chi connectivity index (χ0) is 16.5. The molecule has 0 radical (unpaired) electrons. The number of benzene rings is 1. The van der Waals surface area contributed by atoms with E-state index in [4.69, 9.17) is 9.47 Å². The highest BCUT2D eigenvalue weighted by atomic mass is 16.5. The molecule has 0 saturated carbocycles. The van der Waals surface area contributed by atoms with Crippen LogP contribution in [0.15, 0.2) is 30.3 Å². The number of rotatable bonds is 8. The summed E-state index contributed by atoms with van der Waals surface area (Å²) >= 11 is 0. The van der Waals surface area contributed by atoms with Crippen molar-refractivity contribution in [2.24, 2.45) is 0 Å². The SMILES string of the molecule is COCCOCC(=O)NCC1(c2ccccc2)CCN(C)CC1. The third kappa shape index (κ3) is 5.30. The molecule has 1 aliphatic rings. The maximum absolute atomic E-state index is 12.0. The van der Waals surface area contributed by atoms with Crippen LogP contribution in [0, 0.1) is 0 Å². The predicted molar refractivity (Wildman–Crippen MR) is 90.6 cm³/mol. The van der Waals surface area contributed by atoms with Gasteiger partial charge in [0, 0.05) is 19.1 Å². The van der Waals surface area contributed by atoms with E-state index in [2.05, 4.69) is 41.5 Å². The van der Waals surface area contributed by atoms with Gasteiger partial charge in [-0.25, -0.2) is 0 Å². The second-order valence-electron chi connectivity index (χ2n) is 6.27. The van der Waals surface area contributed by atoms with Crippen molar-refractivity contribution >= 4 is 5.91 Å². The van der Waals surface area contributed by atoms with Crippen LogP contribution < -0.4 is 5.32 Å². The van der Waals surface area contributed by atoms with Crippen LogP contribution in [0.4, 0.5) is 0 Å². The van der Waals surface area contributed by atoms with Crippen molar-refractivity contribution < 1.29 is 14.3 Å². The van der Waals surface area contributed by atoms with Gasteiger partial charge in [-0.1, -0.05) is 30.3 Å². The molecule has 0 aliphatic carbocycles. The standard InChI is InChI=1S/C18H28N2O3/c1-20-10-8-18(9-11-20,16-6-4-3-5-7-16)15-19-17(21)14-23-13-12-22-2/h3-7H,8-15H2,1-2H3,(H,19,21). The molecule has 1 amide bonds. The van der Waals surface area contributed by atoms with Crippen LogP contribution in [-0.4, -0.2) is 64.4 Å². The number of carbonyl (C=O) groups excluding carboxylic acids is 1. The lowest BCUT2D eigenvalue weighted by Gasteiger charge is -2.41. The number of likely N-dealkylation sites (tertiary alicyclic amines) is 1. The molecule has 1 aromatic carbocycles. The summed E-state index contributed by atoms with van der Waals surface area (Å²) in [7, 11) is 3.77. The van der Waals surface area contributed by atoms with Gasteiger partial charge in [0.05, 0.1) is 13.2 Å². The van der Waals surface area contributed by atoms with Gasteiger partial charge < -0.3 is 19.7 Å². The van der Waals surface area contributed by atoms with Crippen LogP contribution >= 0.6 is 0 Å². The molecule has 5 nitrogen and oxygen atoms in total. The second kappa shape index (κ2) is 9.01. The van der Waals surface area contributed by atoms with Crippen LogP contribution in [0.1, 0.15) is 18.4 Å². The fourth-order valence-electron chi connectivity index (χ4n) is 3.03. The number of nitrogens with zero attached hydrogens (tertiary/aromatic N) is 1. The number of carbonyl (C=O) groups is 1. The van der Waals surface area contributed by atoms with Gasteiger partial charge in [-0.3, -0.25) is 4.79 Å². The maximum atomic E-state index is 12.0. The van der Waals surface area contributed by atoms with Gasteiger partial charge in [0.2, 0.25) is 5.91 Å². The summed E-state index contributed by atoms with van der Waals surface area (Å²) in [4.78, 5) is 14.3. The summed E-state index contributed by atoms with van der Waals surface area (Å²) in [6, 6.07) is 10.5. The molecule has 23 heavy (non-hydrogen) atoms. The first-order chi connectivity index (χ1) is 11.2. The molecule has 0 atom stereocenters. The van der Waals surface area contributed by atoms with Crippen molar-refractivity contribution in [3.05, 3.63) is 35.9 Å². The molecule has 1 heterocycles. The fourth-order valence-corrected chi connectivity index (χ4v) is 3.03. The molecule has 1 aliphatic heterocycles.